The van der Waals surface area contributed by atoms with Crippen LogP contribution in [0.25, 0.3) is 0 Å². The molecule has 0 aliphatic heterocycles. The van der Waals surface area contributed by atoms with Crippen LogP contribution in [0, 0.1) is 5.92 Å². The normalized spacial score (nSPS) is 24.9. The summed E-state index contributed by atoms with van der Waals surface area (Å²) in [5.41, 5.74) is 5.82. The van der Waals surface area contributed by atoms with E-state index in [2.05, 4.69) is 5.32 Å². The zero-order valence-electron chi connectivity index (χ0n) is 11.1. The summed E-state index contributed by atoms with van der Waals surface area (Å²) in [5.74, 6) is 0.377. The molecule has 0 atom stereocenters. The lowest BCUT2D eigenvalue weighted by atomic mass is 9.86. The molecule has 0 radical (unpaired) electrons. The van der Waals surface area contributed by atoms with Crippen molar-refractivity contribution in [3.05, 3.63) is 0 Å². The molecule has 4 nitrogen and oxygen atoms in total. The van der Waals surface area contributed by atoms with Crippen LogP contribution in [-0.2, 0) is 9.53 Å². The minimum atomic E-state index is 0.181. The fraction of sp³-hybridized carbons (Fsp3) is 0.923. The average molecular weight is 242 g/mol. The quantitative estimate of drug-likeness (QED) is 0.693. The van der Waals surface area contributed by atoms with Gasteiger partial charge in [-0.15, -0.1) is 0 Å². The molecule has 0 bridgehead atoms. The van der Waals surface area contributed by atoms with Crippen molar-refractivity contribution >= 4 is 5.91 Å². The second-order valence-corrected chi connectivity index (χ2v) is 5.18. The Hall–Kier alpha value is -0.610. The van der Waals surface area contributed by atoms with E-state index in [4.69, 9.17) is 10.5 Å². The molecular formula is C13H26N2O2. The maximum absolute atomic E-state index is 11.8. The van der Waals surface area contributed by atoms with Gasteiger partial charge in [0.05, 0.1) is 6.10 Å². The summed E-state index contributed by atoms with van der Waals surface area (Å²) in [6.45, 7) is 5.47. The van der Waals surface area contributed by atoms with Crippen molar-refractivity contribution in [3.8, 4) is 0 Å². The zero-order valence-corrected chi connectivity index (χ0v) is 11.1. The fourth-order valence-electron chi connectivity index (χ4n) is 2.13. The summed E-state index contributed by atoms with van der Waals surface area (Å²) in [6, 6.07) is 0.304. The predicted molar refractivity (Wildman–Crippen MR) is 68.6 cm³/mol. The van der Waals surface area contributed by atoms with E-state index >= 15 is 0 Å². The van der Waals surface area contributed by atoms with E-state index in [0.29, 0.717) is 19.2 Å². The van der Waals surface area contributed by atoms with Crippen LogP contribution in [-0.4, -0.2) is 31.2 Å². The number of carbonyl (C=O) groups excluding carboxylic acids is 1. The summed E-state index contributed by atoms with van der Waals surface area (Å²) in [5, 5.41) is 2.98. The minimum absolute atomic E-state index is 0.181. The highest BCUT2D eigenvalue weighted by molar-refractivity contribution is 5.78. The molecule has 4 heteroatoms. The van der Waals surface area contributed by atoms with Gasteiger partial charge in [0.25, 0.3) is 0 Å². The third-order valence-electron chi connectivity index (χ3n) is 3.21. The van der Waals surface area contributed by atoms with E-state index in [1.54, 1.807) is 0 Å². The van der Waals surface area contributed by atoms with Gasteiger partial charge in [0.1, 0.15) is 0 Å². The van der Waals surface area contributed by atoms with Crippen LogP contribution in [0.5, 0.6) is 0 Å². The monoisotopic (exact) mass is 242 g/mol. The van der Waals surface area contributed by atoms with E-state index in [0.717, 1.165) is 32.1 Å². The van der Waals surface area contributed by atoms with Crippen molar-refractivity contribution in [1.82, 2.24) is 5.32 Å². The first-order valence-corrected chi connectivity index (χ1v) is 6.74. The fourth-order valence-corrected chi connectivity index (χ4v) is 2.13. The summed E-state index contributed by atoms with van der Waals surface area (Å²) in [4.78, 5) is 11.8. The van der Waals surface area contributed by atoms with Gasteiger partial charge in [0.15, 0.2) is 0 Å². The predicted octanol–water partition coefficient (Wildman–Crippen LogP) is 1.44. The molecule has 1 saturated carbocycles. The number of nitrogens with two attached hydrogens (primary N) is 1. The van der Waals surface area contributed by atoms with Crippen molar-refractivity contribution in [3.63, 3.8) is 0 Å². The number of carbonyl (C=O) groups is 1. The Morgan fingerprint density at radius 1 is 1.35 bits per heavy atom. The van der Waals surface area contributed by atoms with Gasteiger partial charge in [-0.25, -0.2) is 0 Å². The molecule has 1 rings (SSSR count). The smallest absolute Gasteiger partial charge is 0.223 e. The van der Waals surface area contributed by atoms with Crippen LogP contribution in [0.2, 0.25) is 0 Å². The van der Waals surface area contributed by atoms with E-state index in [9.17, 15) is 4.79 Å². The molecular weight excluding hydrogens is 216 g/mol. The van der Waals surface area contributed by atoms with Gasteiger partial charge in [0.2, 0.25) is 5.91 Å². The lowest BCUT2D eigenvalue weighted by Crippen LogP contribution is -2.36. The topological polar surface area (TPSA) is 64.3 Å². The summed E-state index contributed by atoms with van der Waals surface area (Å²) in [7, 11) is 0. The standard InChI is InChI=1S/C13H26N2O2/c1-10(2)17-9-3-8-15-13(16)11-4-6-12(14)7-5-11/h10-12H,3-9,14H2,1-2H3,(H,15,16). The zero-order chi connectivity index (χ0) is 12.7. The molecule has 0 unspecified atom stereocenters. The first-order chi connectivity index (χ1) is 8.09. The van der Waals surface area contributed by atoms with Crippen LogP contribution in [0.3, 0.4) is 0 Å². The van der Waals surface area contributed by atoms with Crippen molar-refractivity contribution in [1.29, 1.82) is 0 Å². The number of nitrogens with one attached hydrogen (secondary N) is 1. The van der Waals surface area contributed by atoms with Crippen LogP contribution in [0.15, 0.2) is 0 Å². The molecule has 0 aromatic carbocycles. The number of amides is 1. The maximum atomic E-state index is 11.8. The Morgan fingerprint density at radius 3 is 2.59 bits per heavy atom. The van der Waals surface area contributed by atoms with E-state index in [1.165, 1.54) is 0 Å². The largest absolute Gasteiger partial charge is 0.379 e. The van der Waals surface area contributed by atoms with Gasteiger partial charge in [-0.1, -0.05) is 0 Å². The van der Waals surface area contributed by atoms with Gasteiger partial charge in [0, 0.05) is 25.1 Å². The van der Waals surface area contributed by atoms with Crippen LogP contribution in [0.1, 0.15) is 46.0 Å². The van der Waals surface area contributed by atoms with Crippen LogP contribution >= 0.6 is 0 Å². The molecule has 0 saturated heterocycles. The Kier molecular flexibility index (Phi) is 6.52. The number of rotatable bonds is 6. The molecule has 0 aromatic heterocycles. The Bertz CT molecular complexity index is 223. The molecule has 0 heterocycles. The molecule has 0 aromatic rings. The highest BCUT2D eigenvalue weighted by Gasteiger charge is 2.23. The maximum Gasteiger partial charge on any atom is 0.223 e. The summed E-state index contributed by atoms with van der Waals surface area (Å²) < 4.78 is 5.42. The van der Waals surface area contributed by atoms with Gasteiger partial charge in [-0.05, 0) is 46.0 Å². The molecule has 100 valence electrons. The second kappa shape index (κ2) is 7.67. The lowest BCUT2D eigenvalue weighted by molar-refractivity contribution is -0.126. The second-order valence-electron chi connectivity index (χ2n) is 5.18. The van der Waals surface area contributed by atoms with Gasteiger partial charge < -0.3 is 15.8 Å². The van der Waals surface area contributed by atoms with Crippen molar-refractivity contribution in [2.75, 3.05) is 13.2 Å². The third kappa shape index (κ3) is 6.03. The summed E-state index contributed by atoms with van der Waals surface area (Å²) in [6.07, 6.45) is 5.00. The van der Waals surface area contributed by atoms with E-state index in [-0.39, 0.29) is 17.9 Å². The van der Waals surface area contributed by atoms with Crippen LogP contribution < -0.4 is 11.1 Å². The highest BCUT2D eigenvalue weighted by Crippen LogP contribution is 2.22. The molecule has 1 fully saturated rings. The minimum Gasteiger partial charge on any atom is -0.379 e. The van der Waals surface area contributed by atoms with Crippen molar-refractivity contribution in [2.45, 2.75) is 58.1 Å². The molecule has 1 aliphatic rings. The number of ether oxygens (including phenoxy) is 1. The van der Waals surface area contributed by atoms with Crippen molar-refractivity contribution < 1.29 is 9.53 Å². The molecule has 1 amide bonds. The van der Waals surface area contributed by atoms with E-state index < -0.39 is 0 Å². The van der Waals surface area contributed by atoms with Crippen LogP contribution in [0.4, 0.5) is 0 Å². The molecule has 17 heavy (non-hydrogen) atoms. The third-order valence-corrected chi connectivity index (χ3v) is 3.21. The van der Waals surface area contributed by atoms with E-state index in [1.807, 2.05) is 13.8 Å². The van der Waals surface area contributed by atoms with Gasteiger partial charge in [-0.3, -0.25) is 4.79 Å². The van der Waals surface area contributed by atoms with Crippen molar-refractivity contribution in [2.24, 2.45) is 11.7 Å². The molecule has 0 spiro atoms. The summed E-state index contributed by atoms with van der Waals surface area (Å²) >= 11 is 0. The molecule has 1 aliphatic carbocycles. The molecule has 3 N–H and O–H groups in total. The number of hydrogen-bond acceptors (Lipinski definition) is 3. The lowest BCUT2D eigenvalue weighted by Gasteiger charge is -2.25. The Balaban J connectivity index is 2.05. The Labute approximate surface area is 104 Å². The number of hydrogen-bond donors (Lipinski definition) is 2. The first-order valence-electron chi connectivity index (χ1n) is 6.74. The SMILES string of the molecule is CC(C)OCCCNC(=O)C1CCC(N)CC1. The Morgan fingerprint density at radius 2 is 2.00 bits per heavy atom. The van der Waals surface area contributed by atoms with Gasteiger partial charge >= 0.3 is 0 Å². The first kappa shape index (κ1) is 14.5. The van der Waals surface area contributed by atoms with Gasteiger partial charge in [-0.2, -0.15) is 0 Å². The highest BCUT2D eigenvalue weighted by atomic mass is 16.5. The average Bonchev–Trinajstić information content (AvgIpc) is 2.29.